The van der Waals surface area contributed by atoms with Crippen LogP contribution in [0.25, 0.3) is 0 Å². The summed E-state index contributed by atoms with van der Waals surface area (Å²) >= 11 is 0. The normalized spacial score (nSPS) is 33.0. The maximum Gasteiger partial charge on any atom is 0.0700 e. The van der Waals surface area contributed by atoms with Gasteiger partial charge in [-0.2, -0.15) is 0 Å². The van der Waals surface area contributed by atoms with Crippen LogP contribution in [-0.2, 0) is 4.74 Å². The van der Waals surface area contributed by atoms with Gasteiger partial charge in [-0.3, -0.25) is 0 Å². The summed E-state index contributed by atoms with van der Waals surface area (Å²) in [5.41, 5.74) is 0. The minimum absolute atomic E-state index is 0.212. The molecule has 1 rings (SSSR count). The van der Waals surface area contributed by atoms with E-state index in [2.05, 4.69) is 12.2 Å². The van der Waals surface area contributed by atoms with Crippen LogP contribution in [0.15, 0.2) is 0 Å². The second kappa shape index (κ2) is 3.91. The molecule has 1 fully saturated rings. The summed E-state index contributed by atoms with van der Waals surface area (Å²) in [6, 6.07) is 0.451. The molecule has 1 aliphatic rings. The van der Waals surface area contributed by atoms with Crippen molar-refractivity contribution >= 4 is 0 Å². The molecule has 10 heavy (non-hydrogen) atoms. The molecule has 1 aliphatic heterocycles. The first kappa shape index (κ1) is 7.98. The van der Waals surface area contributed by atoms with E-state index in [1.165, 1.54) is 0 Å². The third-order valence-electron chi connectivity index (χ3n) is 1.89. The van der Waals surface area contributed by atoms with Crippen LogP contribution in [0.3, 0.4) is 0 Å². The predicted octanol–water partition coefficient (Wildman–Crippen LogP) is -0.254. The quantitative estimate of drug-likeness (QED) is 0.575. The third kappa shape index (κ3) is 1.94. The van der Waals surface area contributed by atoms with E-state index in [0.29, 0.717) is 18.7 Å². The van der Waals surface area contributed by atoms with Crippen molar-refractivity contribution in [2.75, 3.05) is 19.8 Å². The van der Waals surface area contributed by atoms with Gasteiger partial charge in [-0.15, -0.1) is 0 Å². The van der Waals surface area contributed by atoms with E-state index < -0.39 is 0 Å². The smallest absolute Gasteiger partial charge is 0.0700 e. The van der Waals surface area contributed by atoms with Crippen LogP contribution < -0.4 is 5.32 Å². The fourth-order valence-corrected chi connectivity index (χ4v) is 1.25. The molecule has 2 atom stereocenters. The van der Waals surface area contributed by atoms with Crippen molar-refractivity contribution in [1.29, 1.82) is 0 Å². The first-order valence-corrected chi connectivity index (χ1v) is 3.80. The van der Waals surface area contributed by atoms with Crippen LogP contribution >= 0.6 is 0 Å². The molecule has 0 saturated carbocycles. The molecular weight excluding hydrogens is 130 g/mol. The lowest BCUT2D eigenvalue weighted by Crippen LogP contribution is -2.36. The van der Waals surface area contributed by atoms with E-state index in [1.807, 2.05) is 0 Å². The number of nitrogens with one attached hydrogen (secondary N) is 1. The Labute approximate surface area is 61.4 Å². The van der Waals surface area contributed by atoms with Crippen molar-refractivity contribution in [3.8, 4) is 0 Å². The van der Waals surface area contributed by atoms with Gasteiger partial charge in [-0.1, -0.05) is 0 Å². The average Bonchev–Trinajstić information content (AvgIpc) is 2.31. The topological polar surface area (TPSA) is 41.5 Å². The summed E-state index contributed by atoms with van der Waals surface area (Å²) in [5.74, 6) is 0. The number of hydrogen-bond donors (Lipinski definition) is 2. The van der Waals surface area contributed by atoms with Gasteiger partial charge in [0.05, 0.1) is 12.7 Å². The van der Waals surface area contributed by atoms with Gasteiger partial charge in [0.25, 0.3) is 0 Å². The van der Waals surface area contributed by atoms with Crippen molar-refractivity contribution in [2.45, 2.75) is 25.5 Å². The molecule has 0 spiro atoms. The second-order valence-electron chi connectivity index (χ2n) is 2.65. The van der Waals surface area contributed by atoms with Crippen LogP contribution in [-0.4, -0.2) is 37.0 Å². The maximum atomic E-state index is 8.51. The highest BCUT2D eigenvalue weighted by Gasteiger charge is 2.22. The third-order valence-corrected chi connectivity index (χ3v) is 1.89. The van der Waals surface area contributed by atoms with Crippen LogP contribution in [0.2, 0.25) is 0 Å². The monoisotopic (exact) mass is 145 g/mol. The molecule has 1 saturated heterocycles. The molecule has 0 aromatic rings. The molecular formula is C7H15NO2. The molecule has 0 aliphatic carbocycles. The first-order valence-electron chi connectivity index (χ1n) is 3.80. The summed E-state index contributed by atoms with van der Waals surface area (Å²) in [6.45, 7) is 3.80. The average molecular weight is 145 g/mol. The number of aliphatic hydroxyl groups excluding tert-OH is 1. The highest BCUT2D eigenvalue weighted by Crippen LogP contribution is 2.11. The summed E-state index contributed by atoms with van der Waals surface area (Å²) < 4.78 is 5.32. The molecule has 3 heteroatoms. The van der Waals surface area contributed by atoms with Gasteiger partial charge < -0.3 is 15.2 Å². The van der Waals surface area contributed by atoms with Gasteiger partial charge in [-0.25, -0.2) is 0 Å². The fraction of sp³-hybridized carbons (Fsp3) is 1.00. The van der Waals surface area contributed by atoms with Gasteiger partial charge in [-0.05, 0) is 13.3 Å². The summed E-state index contributed by atoms with van der Waals surface area (Å²) in [6.07, 6.45) is 1.38. The molecule has 2 N–H and O–H groups in total. The Morgan fingerprint density at radius 2 is 2.50 bits per heavy atom. The minimum atomic E-state index is 0.212. The Bertz CT molecular complexity index is 97.6. The molecule has 0 amide bonds. The van der Waals surface area contributed by atoms with Gasteiger partial charge in [0.1, 0.15) is 0 Å². The molecule has 0 aromatic heterocycles. The van der Waals surface area contributed by atoms with E-state index in [9.17, 15) is 0 Å². The SMILES string of the molecule is C[C@H]1OCC[C@H]1NCCO. The zero-order valence-corrected chi connectivity index (χ0v) is 6.34. The van der Waals surface area contributed by atoms with Crippen molar-refractivity contribution in [1.82, 2.24) is 5.32 Å². The summed E-state index contributed by atoms with van der Waals surface area (Å²) in [7, 11) is 0. The fourth-order valence-electron chi connectivity index (χ4n) is 1.25. The van der Waals surface area contributed by atoms with Crippen molar-refractivity contribution in [3.05, 3.63) is 0 Å². The Morgan fingerprint density at radius 1 is 1.70 bits per heavy atom. The zero-order valence-electron chi connectivity index (χ0n) is 6.34. The molecule has 0 unspecified atom stereocenters. The van der Waals surface area contributed by atoms with E-state index in [1.54, 1.807) is 0 Å². The molecule has 0 radical (unpaired) electrons. The number of ether oxygens (including phenoxy) is 1. The van der Waals surface area contributed by atoms with Crippen molar-refractivity contribution in [2.24, 2.45) is 0 Å². The second-order valence-corrected chi connectivity index (χ2v) is 2.65. The lowest BCUT2D eigenvalue weighted by atomic mass is 10.1. The van der Waals surface area contributed by atoms with Crippen LogP contribution in [0.5, 0.6) is 0 Å². The van der Waals surface area contributed by atoms with E-state index >= 15 is 0 Å². The van der Waals surface area contributed by atoms with Crippen LogP contribution in [0.1, 0.15) is 13.3 Å². The standard InChI is InChI=1S/C7H15NO2/c1-6-7(2-5-10-6)8-3-4-9/h6-9H,2-5H2,1H3/t6-,7-/m1/s1. The Hall–Kier alpha value is -0.120. The van der Waals surface area contributed by atoms with Crippen molar-refractivity contribution < 1.29 is 9.84 Å². The lowest BCUT2D eigenvalue weighted by Gasteiger charge is -2.14. The molecule has 60 valence electrons. The largest absolute Gasteiger partial charge is 0.395 e. The first-order chi connectivity index (χ1) is 4.84. The number of hydrogen-bond acceptors (Lipinski definition) is 3. The van der Waals surface area contributed by atoms with E-state index in [-0.39, 0.29) is 6.61 Å². The Morgan fingerprint density at radius 3 is 3.00 bits per heavy atom. The highest BCUT2D eigenvalue weighted by molar-refractivity contribution is 4.78. The molecule has 0 aromatic carbocycles. The van der Waals surface area contributed by atoms with Gasteiger partial charge in [0.15, 0.2) is 0 Å². The van der Waals surface area contributed by atoms with Gasteiger partial charge in [0, 0.05) is 19.2 Å². The zero-order chi connectivity index (χ0) is 7.40. The van der Waals surface area contributed by atoms with E-state index in [0.717, 1.165) is 13.0 Å². The number of aliphatic hydroxyl groups is 1. The van der Waals surface area contributed by atoms with E-state index in [4.69, 9.17) is 9.84 Å². The van der Waals surface area contributed by atoms with Crippen LogP contribution in [0.4, 0.5) is 0 Å². The molecule has 3 nitrogen and oxygen atoms in total. The molecule has 1 heterocycles. The summed E-state index contributed by atoms with van der Waals surface area (Å²) in [5, 5.41) is 11.7. The Balaban J connectivity index is 2.14. The van der Waals surface area contributed by atoms with Gasteiger partial charge in [0.2, 0.25) is 0 Å². The summed E-state index contributed by atoms with van der Waals surface area (Å²) in [4.78, 5) is 0. The lowest BCUT2D eigenvalue weighted by molar-refractivity contribution is 0.112. The maximum absolute atomic E-state index is 8.51. The predicted molar refractivity (Wildman–Crippen MR) is 38.9 cm³/mol. The Kier molecular flexibility index (Phi) is 3.12. The van der Waals surface area contributed by atoms with Gasteiger partial charge >= 0.3 is 0 Å². The van der Waals surface area contributed by atoms with Crippen LogP contribution in [0, 0.1) is 0 Å². The minimum Gasteiger partial charge on any atom is -0.395 e. The van der Waals surface area contributed by atoms with Crippen molar-refractivity contribution in [3.63, 3.8) is 0 Å². The molecule has 0 bridgehead atoms. The number of rotatable bonds is 3. The highest BCUT2D eigenvalue weighted by atomic mass is 16.5.